The molecule has 0 radical (unpaired) electrons. The van der Waals surface area contributed by atoms with Crippen molar-refractivity contribution in [3.05, 3.63) is 85.5 Å². The Hall–Kier alpha value is -4.40. The summed E-state index contributed by atoms with van der Waals surface area (Å²) in [6.07, 6.45) is 4.06. The van der Waals surface area contributed by atoms with Gasteiger partial charge in [0.05, 0.1) is 42.1 Å². The first kappa shape index (κ1) is 38.3. The van der Waals surface area contributed by atoms with E-state index in [0.717, 1.165) is 11.1 Å². The Labute approximate surface area is 317 Å². The second-order valence-corrected chi connectivity index (χ2v) is 15.3. The molecule has 53 heavy (non-hydrogen) atoms. The number of allylic oxidation sites excluding steroid dienone is 1. The SMILES string of the molecule is C=CCCC(=O)OC[C@@H](NC(=O)[C@@H]1[C@H]2O[C@@]3(CC2Br)[C@H](C(=O)N(CC=C)Cn2nnc4ccccc42)N([C@@H](CO)[C@@H](C)CC)C(=O)[C@@H]13)c1ccccc1. The molecule has 3 aromatic rings. The number of benzene rings is 2. The Morgan fingerprint density at radius 1 is 1.17 bits per heavy atom. The number of para-hydroxylation sites is 1. The maximum absolute atomic E-state index is 15.1. The Morgan fingerprint density at radius 2 is 1.91 bits per heavy atom. The van der Waals surface area contributed by atoms with Crippen molar-refractivity contribution in [1.82, 2.24) is 30.1 Å². The number of hydrogen-bond acceptors (Lipinski definition) is 9. The minimum Gasteiger partial charge on any atom is -0.463 e. The lowest BCUT2D eigenvalue weighted by Gasteiger charge is -2.40. The van der Waals surface area contributed by atoms with E-state index in [1.807, 2.05) is 68.4 Å². The molecule has 2 bridgehead atoms. The van der Waals surface area contributed by atoms with Crippen LogP contribution in [0.3, 0.4) is 0 Å². The van der Waals surface area contributed by atoms with Crippen LogP contribution in [0.4, 0.5) is 0 Å². The third kappa shape index (κ3) is 7.16. The third-order valence-electron chi connectivity index (χ3n) is 11.0. The number of nitrogens with zero attached hydrogens (tertiary/aromatic N) is 5. The molecule has 3 fully saturated rings. The second-order valence-electron chi connectivity index (χ2n) is 14.1. The first-order valence-corrected chi connectivity index (χ1v) is 19.1. The normalized spacial score (nSPS) is 26.2. The van der Waals surface area contributed by atoms with E-state index in [0.29, 0.717) is 24.8 Å². The molecule has 14 heteroatoms. The van der Waals surface area contributed by atoms with Crippen molar-refractivity contribution in [3.8, 4) is 0 Å². The summed E-state index contributed by atoms with van der Waals surface area (Å²) in [7, 11) is 0. The number of likely N-dealkylation sites (tertiary alicyclic amines) is 1. The average molecular weight is 792 g/mol. The summed E-state index contributed by atoms with van der Waals surface area (Å²) < 4.78 is 14.0. The van der Waals surface area contributed by atoms with Crippen LogP contribution in [0, 0.1) is 17.8 Å². The predicted octanol–water partition coefficient (Wildman–Crippen LogP) is 3.93. The summed E-state index contributed by atoms with van der Waals surface area (Å²) >= 11 is 3.75. The van der Waals surface area contributed by atoms with E-state index in [1.165, 1.54) is 4.90 Å². The number of esters is 1. The van der Waals surface area contributed by atoms with Gasteiger partial charge in [0.2, 0.25) is 17.7 Å². The summed E-state index contributed by atoms with van der Waals surface area (Å²) in [6, 6.07) is 14.0. The van der Waals surface area contributed by atoms with Crippen molar-refractivity contribution in [2.75, 3.05) is 19.8 Å². The van der Waals surface area contributed by atoms with Gasteiger partial charge in [-0.25, -0.2) is 4.68 Å². The number of aliphatic hydroxyl groups excluding tert-OH is 1. The first-order valence-electron chi connectivity index (χ1n) is 18.1. The first-order chi connectivity index (χ1) is 25.6. The predicted molar refractivity (Wildman–Crippen MR) is 200 cm³/mol. The Balaban J connectivity index is 1.36. The van der Waals surface area contributed by atoms with Crippen LogP contribution in [0.2, 0.25) is 0 Å². The van der Waals surface area contributed by atoms with Crippen LogP contribution in [0.15, 0.2) is 79.9 Å². The molecule has 0 aliphatic carbocycles. The van der Waals surface area contributed by atoms with Crippen molar-refractivity contribution >= 4 is 50.7 Å². The van der Waals surface area contributed by atoms with Crippen molar-refractivity contribution in [3.63, 3.8) is 0 Å². The highest BCUT2D eigenvalue weighted by atomic mass is 79.9. The summed E-state index contributed by atoms with van der Waals surface area (Å²) in [5.74, 6) is -3.87. The lowest BCUT2D eigenvalue weighted by molar-refractivity contribution is -0.153. The number of nitrogens with one attached hydrogen (secondary N) is 1. The van der Waals surface area contributed by atoms with Gasteiger partial charge in [0, 0.05) is 17.8 Å². The number of alkyl halides is 1. The average Bonchev–Trinajstić information content (AvgIpc) is 3.89. The summed E-state index contributed by atoms with van der Waals surface area (Å²) in [5, 5.41) is 22.4. The zero-order valence-corrected chi connectivity index (χ0v) is 31.6. The fourth-order valence-electron chi connectivity index (χ4n) is 8.19. The van der Waals surface area contributed by atoms with Crippen LogP contribution in [0.25, 0.3) is 11.0 Å². The number of fused-ring (bicyclic) bond motifs is 2. The van der Waals surface area contributed by atoms with Gasteiger partial charge in [-0.3, -0.25) is 19.2 Å². The van der Waals surface area contributed by atoms with Crippen molar-refractivity contribution < 1.29 is 33.8 Å². The molecule has 1 unspecified atom stereocenters. The van der Waals surface area contributed by atoms with Gasteiger partial charge in [0.25, 0.3) is 0 Å². The molecule has 3 aliphatic heterocycles. The highest BCUT2D eigenvalue weighted by Crippen LogP contribution is 2.61. The smallest absolute Gasteiger partial charge is 0.306 e. The van der Waals surface area contributed by atoms with Gasteiger partial charge in [-0.2, -0.15) is 0 Å². The van der Waals surface area contributed by atoms with E-state index in [9.17, 15) is 19.5 Å². The van der Waals surface area contributed by atoms with E-state index < -0.39 is 65.4 Å². The number of aliphatic hydroxyl groups is 1. The van der Waals surface area contributed by atoms with E-state index in [1.54, 1.807) is 21.7 Å². The Kier molecular flexibility index (Phi) is 11.8. The van der Waals surface area contributed by atoms with Gasteiger partial charge >= 0.3 is 5.97 Å². The molecule has 1 spiro atoms. The highest BCUT2D eigenvalue weighted by Gasteiger charge is 2.77. The molecule has 13 nitrogen and oxygen atoms in total. The fraction of sp³-hybridized carbons (Fsp3) is 0.487. The zero-order valence-electron chi connectivity index (χ0n) is 30.1. The number of carbonyl (C=O) groups is 4. The number of ether oxygens (including phenoxy) is 2. The second kappa shape index (κ2) is 16.3. The molecule has 3 aliphatic rings. The van der Waals surface area contributed by atoms with Crippen LogP contribution in [-0.4, -0.2) is 102 Å². The summed E-state index contributed by atoms with van der Waals surface area (Å²) in [6.45, 7) is 11.1. The maximum Gasteiger partial charge on any atom is 0.306 e. The molecule has 6 rings (SSSR count). The third-order valence-corrected chi connectivity index (χ3v) is 11.8. The number of aromatic nitrogens is 3. The topological polar surface area (TPSA) is 156 Å². The highest BCUT2D eigenvalue weighted by molar-refractivity contribution is 9.09. The lowest BCUT2D eigenvalue weighted by Crippen LogP contribution is -2.60. The number of halogens is 1. The molecule has 1 aromatic heterocycles. The van der Waals surface area contributed by atoms with Gasteiger partial charge in [-0.05, 0) is 36.5 Å². The molecule has 9 atom stereocenters. The van der Waals surface area contributed by atoms with Crippen molar-refractivity contribution in [1.29, 1.82) is 0 Å². The van der Waals surface area contributed by atoms with E-state index in [4.69, 9.17) is 9.47 Å². The quantitative estimate of drug-likeness (QED) is 0.118. The van der Waals surface area contributed by atoms with Crippen LogP contribution in [0.5, 0.6) is 0 Å². The minimum atomic E-state index is -1.38. The fourth-order valence-corrected chi connectivity index (χ4v) is 9.13. The van der Waals surface area contributed by atoms with E-state index >= 15 is 4.79 Å². The summed E-state index contributed by atoms with van der Waals surface area (Å²) in [4.78, 5) is 59.7. The number of hydrogen-bond donors (Lipinski definition) is 2. The van der Waals surface area contributed by atoms with Crippen LogP contribution >= 0.6 is 15.9 Å². The van der Waals surface area contributed by atoms with Gasteiger partial charge in [-0.1, -0.05) is 96.0 Å². The summed E-state index contributed by atoms with van der Waals surface area (Å²) in [5.41, 5.74) is 0.740. The number of amides is 3. The molecule has 282 valence electrons. The largest absolute Gasteiger partial charge is 0.463 e. The van der Waals surface area contributed by atoms with Crippen LogP contribution in [-0.2, 0) is 35.3 Å². The van der Waals surface area contributed by atoms with Gasteiger partial charge in [-0.15, -0.1) is 18.3 Å². The molecule has 3 amide bonds. The molecule has 3 saturated heterocycles. The number of carbonyl (C=O) groups excluding carboxylic acids is 4. The molecular weight excluding hydrogens is 744 g/mol. The number of rotatable bonds is 17. The Bertz CT molecular complexity index is 1840. The van der Waals surface area contributed by atoms with Crippen LogP contribution < -0.4 is 5.32 Å². The maximum atomic E-state index is 15.1. The van der Waals surface area contributed by atoms with Crippen molar-refractivity contribution in [2.24, 2.45) is 17.8 Å². The van der Waals surface area contributed by atoms with E-state index in [2.05, 4.69) is 44.7 Å². The van der Waals surface area contributed by atoms with Gasteiger partial charge in [0.1, 0.15) is 30.4 Å². The van der Waals surface area contributed by atoms with Crippen molar-refractivity contribution in [2.45, 2.75) is 80.9 Å². The minimum absolute atomic E-state index is 0.0210. The molecule has 0 saturated carbocycles. The Morgan fingerprint density at radius 3 is 2.60 bits per heavy atom. The lowest BCUT2D eigenvalue weighted by atomic mass is 9.70. The van der Waals surface area contributed by atoms with E-state index in [-0.39, 0.29) is 43.6 Å². The van der Waals surface area contributed by atoms with Gasteiger partial charge in [0.15, 0.2) is 0 Å². The molecule has 4 heterocycles. The van der Waals surface area contributed by atoms with Gasteiger partial charge < -0.3 is 29.7 Å². The zero-order chi connectivity index (χ0) is 37.9. The standard InChI is InChI=1S/C39H47BrN6O7/c1-5-8-18-31(48)52-22-28(25-14-10-9-11-15-25)41-36(49)32-33-37(50)46(30(21-47)24(4)7-3)35(39(33)20-26(40)34(32)53-39)38(51)44(19-6-2)23-45-29-17-13-12-16-27(29)42-43-45/h5-6,9-17,24,26,28,30,32-35,47H,1-2,7-8,18-23H2,3-4H3,(H,41,49)/t24-,26?,28+,30-,32-,33+,34-,35-,39+/m0/s1. The molecular formula is C39H47BrN6O7. The van der Waals surface area contributed by atoms with Crippen LogP contribution in [0.1, 0.15) is 51.1 Å². The molecule has 2 N–H and O–H groups in total. The monoisotopic (exact) mass is 790 g/mol. The molecule has 2 aromatic carbocycles.